The van der Waals surface area contributed by atoms with Gasteiger partial charge in [0.15, 0.2) is 0 Å². The van der Waals surface area contributed by atoms with Crippen molar-refractivity contribution in [3.63, 3.8) is 0 Å². The van der Waals surface area contributed by atoms with Crippen molar-refractivity contribution in [3.8, 4) is 0 Å². The van der Waals surface area contributed by atoms with Crippen molar-refractivity contribution in [2.45, 2.75) is 19.0 Å². The van der Waals surface area contributed by atoms with Crippen LogP contribution in [0.1, 0.15) is 18.4 Å². The molecule has 0 saturated carbocycles. The SMILES string of the molecule is CN(CC1CCNCC1)c1ccc(C(F)(F)F)cc1F. The molecule has 0 aliphatic carbocycles. The van der Waals surface area contributed by atoms with Crippen molar-refractivity contribution in [3.05, 3.63) is 29.6 Å². The molecule has 112 valence electrons. The molecule has 2 rings (SSSR count). The lowest BCUT2D eigenvalue weighted by Gasteiger charge is -2.29. The van der Waals surface area contributed by atoms with E-state index in [1.807, 2.05) is 0 Å². The number of halogens is 4. The van der Waals surface area contributed by atoms with E-state index < -0.39 is 17.6 Å². The predicted molar refractivity (Wildman–Crippen MR) is 70.3 cm³/mol. The van der Waals surface area contributed by atoms with Crippen molar-refractivity contribution in [2.24, 2.45) is 5.92 Å². The van der Waals surface area contributed by atoms with Gasteiger partial charge in [-0.3, -0.25) is 0 Å². The number of benzene rings is 1. The lowest BCUT2D eigenvalue weighted by molar-refractivity contribution is -0.137. The summed E-state index contributed by atoms with van der Waals surface area (Å²) in [4.78, 5) is 1.70. The molecule has 1 aromatic rings. The highest BCUT2D eigenvalue weighted by atomic mass is 19.4. The number of nitrogens with zero attached hydrogens (tertiary/aromatic N) is 1. The Bertz CT molecular complexity index is 453. The Morgan fingerprint density at radius 3 is 2.45 bits per heavy atom. The topological polar surface area (TPSA) is 15.3 Å². The summed E-state index contributed by atoms with van der Waals surface area (Å²) in [6.07, 6.45) is -2.49. The highest BCUT2D eigenvalue weighted by Gasteiger charge is 2.31. The summed E-state index contributed by atoms with van der Waals surface area (Å²) in [5.41, 5.74) is -0.731. The number of anilines is 1. The van der Waals surface area contributed by atoms with E-state index in [0.29, 0.717) is 18.5 Å². The lowest BCUT2D eigenvalue weighted by Crippen LogP contribution is -2.34. The first-order valence-corrected chi connectivity index (χ1v) is 6.66. The van der Waals surface area contributed by atoms with Crippen molar-refractivity contribution in [1.82, 2.24) is 5.32 Å². The van der Waals surface area contributed by atoms with E-state index in [0.717, 1.165) is 32.0 Å². The van der Waals surface area contributed by atoms with E-state index in [1.54, 1.807) is 11.9 Å². The van der Waals surface area contributed by atoms with Crippen molar-refractivity contribution in [2.75, 3.05) is 31.6 Å². The summed E-state index contributed by atoms with van der Waals surface area (Å²) in [6, 6.07) is 2.70. The smallest absolute Gasteiger partial charge is 0.372 e. The van der Waals surface area contributed by atoms with Gasteiger partial charge >= 0.3 is 6.18 Å². The van der Waals surface area contributed by atoms with Crippen LogP contribution in [0.25, 0.3) is 0 Å². The first-order valence-electron chi connectivity index (χ1n) is 6.66. The molecule has 1 aliphatic rings. The van der Waals surface area contributed by atoms with E-state index in [-0.39, 0.29) is 5.69 Å². The molecule has 0 bridgehead atoms. The van der Waals surface area contributed by atoms with Gasteiger partial charge in [0.1, 0.15) is 5.82 Å². The van der Waals surface area contributed by atoms with Crippen LogP contribution >= 0.6 is 0 Å². The molecule has 20 heavy (non-hydrogen) atoms. The van der Waals surface area contributed by atoms with Gasteiger partial charge in [0.05, 0.1) is 11.3 Å². The zero-order valence-corrected chi connectivity index (χ0v) is 11.3. The zero-order valence-electron chi connectivity index (χ0n) is 11.3. The largest absolute Gasteiger partial charge is 0.416 e. The Morgan fingerprint density at radius 2 is 1.90 bits per heavy atom. The second kappa shape index (κ2) is 5.99. The number of rotatable bonds is 3. The number of piperidine rings is 1. The van der Waals surface area contributed by atoms with Gasteiger partial charge in [-0.2, -0.15) is 13.2 Å². The van der Waals surface area contributed by atoms with E-state index >= 15 is 0 Å². The molecule has 2 nitrogen and oxygen atoms in total. The summed E-state index contributed by atoms with van der Waals surface area (Å²) in [7, 11) is 1.72. The molecule has 1 aliphatic heterocycles. The van der Waals surface area contributed by atoms with Gasteiger partial charge in [0.2, 0.25) is 0 Å². The van der Waals surface area contributed by atoms with E-state index in [2.05, 4.69) is 5.32 Å². The minimum absolute atomic E-state index is 0.219. The Balaban J connectivity index is 2.07. The maximum atomic E-state index is 13.8. The first-order chi connectivity index (χ1) is 9.38. The van der Waals surface area contributed by atoms with Crippen LogP contribution in [0.15, 0.2) is 18.2 Å². The van der Waals surface area contributed by atoms with Crippen LogP contribution in [0.3, 0.4) is 0 Å². The fourth-order valence-corrected chi connectivity index (χ4v) is 2.54. The first kappa shape index (κ1) is 15.1. The summed E-state index contributed by atoms with van der Waals surface area (Å²) in [6.45, 7) is 2.53. The molecule has 0 spiro atoms. The van der Waals surface area contributed by atoms with Gasteiger partial charge in [0, 0.05) is 13.6 Å². The minimum Gasteiger partial charge on any atom is -0.372 e. The second-order valence-electron chi connectivity index (χ2n) is 5.24. The molecule has 0 amide bonds. The van der Waals surface area contributed by atoms with Crippen molar-refractivity contribution >= 4 is 5.69 Å². The number of hydrogen-bond donors (Lipinski definition) is 1. The Morgan fingerprint density at radius 1 is 1.25 bits per heavy atom. The minimum atomic E-state index is -4.51. The molecule has 0 radical (unpaired) electrons. The molecule has 1 aromatic carbocycles. The molecule has 0 atom stereocenters. The van der Waals surface area contributed by atoms with Crippen LogP contribution in [-0.4, -0.2) is 26.7 Å². The maximum Gasteiger partial charge on any atom is 0.416 e. The third-order valence-electron chi connectivity index (χ3n) is 3.68. The van der Waals surface area contributed by atoms with Gasteiger partial charge in [-0.15, -0.1) is 0 Å². The average Bonchev–Trinajstić information content (AvgIpc) is 2.38. The molecule has 1 saturated heterocycles. The van der Waals surface area contributed by atoms with Crippen molar-refractivity contribution < 1.29 is 17.6 Å². The molecule has 6 heteroatoms. The molecule has 1 N–H and O–H groups in total. The van der Waals surface area contributed by atoms with Crippen molar-refractivity contribution in [1.29, 1.82) is 0 Å². The monoisotopic (exact) mass is 290 g/mol. The number of nitrogens with one attached hydrogen (secondary N) is 1. The maximum absolute atomic E-state index is 13.8. The quantitative estimate of drug-likeness (QED) is 0.859. The fraction of sp³-hybridized carbons (Fsp3) is 0.571. The van der Waals surface area contributed by atoms with E-state index in [9.17, 15) is 17.6 Å². The molecule has 1 heterocycles. The van der Waals surface area contributed by atoms with E-state index in [4.69, 9.17) is 0 Å². The van der Waals surface area contributed by atoms with Gasteiger partial charge in [-0.1, -0.05) is 0 Å². The van der Waals surface area contributed by atoms with Gasteiger partial charge in [-0.05, 0) is 50.0 Å². The van der Waals surface area contributed by atoms with Crippen LogP contribution < -0.4 is 10.2 Å². The van der Waals surface area contributed by atoms with Gasteiger partial charge in [-0.25, -0.2) is 4.39 Å². The van der Waals surface area contributed by atoms with Gasteiger partial charge < -0.3 is 10.2 Å². The molecule has 0 unspecified atom stereocenters. The Labute approximate surface area is 115 Å². The lowest BCUT2D eigenvalue weighted by atomic mass is 9.97. The van der Waals surface area contributed by atoms with Crippen LogP contribution in [0, 0.1) is 11.7 Å². The van der Waals surface area contributed by atoms with Crippen LogP contribution in [0.4, 0.5) is 23.2 Å². The van der Waals surface area contributed by atoms with Gasteiger partial charge in [0.25, 0.3) is 0 Å². The standard InChI is InChI=1S/C14H18F4N2/c1-20(9-10-4-6-19-7-5-10)13-3-2-11(8-12(13)15)14(16,17)18/h2-3,8,10,19H,4-7,9H2,1H3. The summed E-state index contributed by atoms with van der Waals surface area (Å²) < 4.78 is 51.3. The Hall–Kier alpha value is -1.30. The molecular formula is C14H18F4N2. The highest BCUT2D eigenvalue weighted by molar-refractivity contribution is 5.49. The third kappa shape index (κ3) is 3.62. The molecule has 0 aromatic heterocycles. The zero-order chi connectivity index (χ0) is 14.8. The normalized spacial score (nSPS) is 17.2. The fourth-order valence-electron chi connectivity index (χ4n) is 2.54. The van der Waals surface area contributed by atoms with Crippen LogP contribution in [-0.2, 0) is 6.18 Å². The summed E-state index contributed by atoms with van der Waals surface area (Å²) in [5.74, 6) is -0.376. The highest BCUT2D eigenvalue weighted by Crippen LogP contribution is 2.32. The van der Waals surface area contributed by atoms with E-state index in [1.165, 1.54) is 6.07 Å². The average molecular weight is 290 g/mol. The number of hydrogen-bond acceptors (Lipinski definition) is 2. The number of alkyl halides is 3. The predicted octanol–water partition coefficient (Wildman–Crippen LogP) is 3.28. The summed E-state index contributed by atoms with van der Waals surface area (Å²) in [5, 5.41) is 3.25. The van der Waals surface area contributed by atoms with Crippen LogP contribution in [0.5, 0.6) is 0 Å². The molecular weight excluding hydrogens is 272 g/mol. The summed E-state index contributed by atoms with van der Waals surface area (Å²) >= 11 is 0. The molecule has 1 fully saturated rings. The van der Waals surface area contributed by atoms with Crippen LogP contribution in [0.2, 0.25) is 0 Å². The second-order valence-corrected chi connectivity index (χ2v) is 5.24. The Kier molecular flexibility index (Phi) is 4.52. The third-order valence-corrected chi connectivity index (χ3v) is 3.68.